The van der Waals surface area contributed by atoms with E-state index in [9.17, 15) is 0 Å². The van der Waals surface area contributed by atoms with Crippen LogP contribution in [0.2, 0.25) is 0 Å². The molecule has 1 aromatic heterocycles. The normalized spacial score (nSPS) is 23.3. The summed E-state index contributed by atoms with van der Waals surface area (Å²) in [4.78, 5) is 0. The number of nitrogens with two attached hydrogens (primary N) is 1. The predicted molar refractivity (Wildman–Crippen MR) is 47.3 cm³/mol. The molecule has 1 fully saturated rings. The molecule has 1 atom stereocenters. The third-order valence-electron chi connectivity index (χ3n) is 1.75. The minimum atomic E-state index is -0.0495. The van der Waals surface area contributed by atoms with Crippen molar-refractivity contribution in [1.82, 2.24) is 10.2 Å². The molecule has 0 spiro atoms. The van der Waals surface area contributed by atoms with Gasteiger partial charge in [-0.3, -0.25) is 0 Å². The van der Waals surface area contributed by atoms with Gasteiger partial charge >= 0.3 is 0 Å². The van der Waals surface area contributed by atoms with Crippen LogP contribution in [0.1, 0.15) is 16.1 Å². The first-order valence-corrected chi connectivity index (χ1v) is 4.93. The lowest BCUT2D eigenvalue weighted by Gasteiger charge is -2.20. The SMILES string of the molecule is NCc1nnc(C2COCCO2)s1. The lowest BCUT2D eigenvalue weighted by molar-refractivity contribution is -0.0903. The van der Waals surface area contributed by atoms with Gasteiger partial charge in [0.25, 0.3) is 0 Å². The van der Waals surface area contributed by atoms with Gasteiger partial charge in [-0.15, -0.1) is 10.2 Å². The molecular weight excluding hydrogens is 190 g/mol. The fourth-order valence-corrected chi connectivity index (χ4v) is 1.87. The zero-order valence-corrected chi connectivity index (χ0v) is 7.92. The van der Waals surface area contributed by atoms with Gasteiger partial charge in [-0.1, -0.05) is 11.3 Å². The van der Waals surface area contributed by atoms with Crippen molar-refractivity contribution in [2.24, 2.45) is 5.73 Å². The van der Waals surface area contributed by atoms with E-state index in [1.807, 2.05) is 0 Å². The molecule has 0 amide bonds. The van der Waals surface area contributed by atoms with E-state index in [2.05, 4.69) is 10.2 Å². The van der Waals surface area contributed by atoms with Gasteiger partial charge in [0.1, 0.15) is 16.1 Å². The van der Waals surface area contributed by atoms with Gasteiger partial charge in [0.15, 0.2) is 0 Å². The molecule has 13 heavy (non-hydrogen) atoms. The third-order valence-corrected chi connectivity index (χ3v) is 2.79. The van der Waals surface area contributed by atoms with Gasteiger partial charge in [0.2, 0.25) is 0 Å². The Morgan fingerprint density at radius 2 is 2.38 bits per heavy atom. The minimum Gasteiger partial charge on any atom is -0.376 e. The molecule has 72 valence electrons. The van der Waals surface area contributed by atoms with Crippen molar-refractivity contribution in [3.8, 4) is 0 Å². The number of nitrogens with zero attached hydrogens (tertiary/aromatic N) is 2. The van der Waals surface area contributed by atoms with E-state index in [0.717, 1.165) is 10.0 Å². The molecule has 0 bridgehead atoms. The summed E-state index contributed by atoms with van der Waals surface area (Å²) in [6.45, 7) is 2.30. The summed E-state index contributed by atoms with van der Waals surface area (Å²) in [6, 6.07) is 0. The fourth-order valence-electron chi connectivity index (χ4n) is 1.11. The molecular formula is C7H11N3O2S. The summed E-state index contributed by atoms with van der Waals surface area (Å²) in [5.41, 5.74) is 5.43. The van der Waals surface area contributed by atoms with E-state index < -0.39 is 0 Å². The largest absolute Gasteiger partial charge is 0.376 e. The summed E-state index contributed by atoms with van der Waals surface area (Å²) in [7, 11) is 0. The van der Waals surface area contributed by atoms with Crippen molar-refractivity contribution in [1.29, 1.82) is 0 Å². The first kappa shape index (κ1) is 9.01. The van der Waals surface area contributed by atoms with Crippen LogP contribution in [0.25, 0.3) is 0 Å². The topological polar surface area (TPSA) is 70.3 Å². The molecule has 1 unspecified atom stereocenters. The molecule has 0 aromatic carbocycles. The Bertz CT molecular complexity index is 272. The molecule has 1 saturated heterocycles. The molecule has 1 aliphatic heterocycles. The number of hydrogen-bond acceptors (Lipinski definition) is 6. The van der Waals surface area contributed by atoms with Crippen LogP contribution in [0.4, 0.5) is 0 Å². The van der Waals surface area contributed by atoms with Crippen LogP contribution in [0, 0.1) is 0 Å². The molecule has 2 rings (SSSR count). The zero-order chi connectivity index (χ0) is 9.10. The Balaban J connectivity index is 2.05. The standard InChI is InChI=1S/C7H11N3O2S/c8-3-6-9-10-7(13-6)5-4-11-1-2-12-5/h5H,1-4,8H2. The monoisotopic (exact) mass is 201 g/mol. The van der Waals surface area contributed by atoms with Crippen LogP contribution in [0.15, 0.2) is 0 Å². The number of ether oxygens (including phenoxy) is 2. The lowest BCUT2D eigenvalue weighted by Crippen LogP contribution is -2.21. The van der Waals surface area contributed by atoms with E-state index in [4.69, 9.17) is 15.2 Å². The maximum absolute atomic E-state index is 5.46. The smallest absolute Gasteiger partial charge is 0.148 e. The Labute approximate surface area is 79.9 Å². The molecule has 1 aromatic rings. The van der Waals surface area contributed by atoms with Crippen molar-refractivity contribution in [2.45, 2.75) is 12.6 Å². The van der Waals surface area contributed by atoms with E-state index in [0.29, 0.717) is 26.4 Å². The average Bonchev–Trinajstić information content (AvgIpc) is 2.67. The van der Waals surface area contributed by atoms with Gasteiger partial charge in [-0.25, -0.2) is 0 Å². The van der Waals surface area contributed by atoms with E-state index in [1.165, 1.54) is 11.3 Å². The Morgan fingerprint density at radius 1 is 1.46 bits per heavy atom. The van der Waals surface area contributed by atoms with Gasteiger partial charge in [0, 0.05) is 6.54 Å². The van der Waals surface area contributed by atoms with Gasteiger partial charge in [0.05, 0.1) is 19.8 Å². The molecule has 2 heterocycles. The number of rotatable bonds is 2. The van der Waals surface area contributed by atoms with Crippen molar-refractivity contribution in [3.63, 3.8) is 0 Å². The van der Waals surface area contributed by atoms with Crippen LogP contribution in [-0.2, 0) is 16.0 Å². The maximum Gasteiger partial charge on any atom is 0.148 e. The highest BCUT2D eigenvalue weighted by Gasteiger charge is 2.20. The summed E-state index contributed by atoms with van der Waals surface area (Å²) in [6.07, 6.45) is -0.0495. The Morgan fingerprint density at radius 3 is 3.00 bits per heavy atom. The molecule has 1 aliphatic rings. The van der Waals surface area contributed by atoms with Crippen molar-refractivity contribution < 1.29 is 9.47 Å². The van der Waals surface area contributed by atoms with Crippen LogP contribution >= 0.6 is 11.3 Å². The lowest BCUT2D eigenvalue weighted by atomic mass is 10.4. The quantitative estimate of drug-likeness (QED) is 0.734. The summed E-state index contributed by atoms with van der Waals surface area (Å²) in [5, 5.41) is 9.61. The molecule has 2 N–H and O–H groups in total. The van der Waals surface area contributed by atoms with E-state index in [1.54, 1.807) is 0 Å². The molecule has 5 nitrogen and oxygen atoms in total. The van der Waals surface area contributed by atoms with Crippen LogP contribution in [-0.4, -0.2) is 30.0 Å². The number of hydrogen-bond donors (Lipinski definition) is 1. The van der Waals surface area contributed by atoms with Crippen LogP contribution < -0.4 is 5.73 Å². The second-order valence-electron chi connectivity index (χ2n) is 2.67. The van der Waals surface area contributed by atoms with Gasteiger partial charge < -0.3 is 15.2 Å². The molecule has 0 saturated carbocycles. The van der Waals surface area contributed by atoms with Crippen LogP contribution in [0.5, 0.6) is 0 Å². The third kappa shape index (κ3) is 2.02. The average molecular weight is 201 g/mol. The zero-order valence-electron chi connectivity index (χ0n) is 7.10. The van der Waals surface area contributed by atoms with Gasteiger partial charge in [-0.05, 0) is 0 Å². The molecule has 0 radical (unpaired) electrons. The Hall–Kier alpha value is -0.560. The first-order chi connectivity index (χ1) is 6.40. The highest BCUT2D eigenvalue weighted by Crippen LogP contribution is 2.23. The molecule has 0 aliphatic carbocycles. The van der Waals surface area contributed by atoms with Crippen molar-refractivity contribution in [2.75, 3.05) is 19.8 Å². The second-order valence-corrected chi connectivity index (χ2v) is 3.77. The number of aromatic nitrogens is 2. The van der Waals surface area contributed by atoms with Crippen molar-refractivity contribution in [3.05, 3.63) is 10.0 Å². The first-order valence-electron chi connectivity index (χ1n) is 4.12. The highest BCUT2D eigenvalue weighted by atomic mass is 32.1. The summed E-state index contributed by atoms with van der Waals surface area (Å²) < 4.78 is 10.7. The summed E-state index contributed by atoms with van der Waals surface area (Å²) in [5.74, 6) is 0. The van der Waals surface area contributed by atoms with E-state index in [-0.39, 0.29) is 6.10 Å². The predicted octanol–water partition coefficient (Wildman–Crippen LogP) is 0.0847. The molecule has 6 heteroatoms. The van der Waals surface area contributed by atoms with Crippen LogP contribution in [0.3, 0.4) is 0 Å². The maximum atomic E-state index is 5.46. The van der Waals surface area contributed by atoms with Gasteiger partial charge in [-0.2, -0.15) is 0 Å². The highest BCUT2D eigenvalue weighted by molar-refractivity contribution is 7.11. The minimum absolute atomic E-state index is 0.0495. The second kappa shape index (κ2) is 4.10. The fraction of sp³-hybridized carbons (Fsp3) is 0.714. The Kier molecular flexibility index (Phi) is 2.84. The van der Waals surface area contributed by atoms with Crippen molar-refractivity contribution >= 4 is 11.3 Å². The summed E-state index contributed by atoms with van der Waals surface area (Å²) >= 11 is 1.49. The van der Waals surface area contributed by atoms with E-state index >= 15 is 0 Å².